The number of aromatic nitrogens is 2. The average Bonchev–Trinajstić information content (AvgIpc) is 2.32. The summed E-state index contributed by atoms with van der Waals surface area (Å²) < 4.78 is 5.05. The smallest absolute Gasteiger partial charge is 0.116 e. The van der Waals surface area contributed by atoms with Gasteiger partial charge in [0.25, 0.3) is 0 Å². The third kappa shape index (κ3) is 2.39. The quantitative estimate of drug-likeness (QED) is 0.762. The molecule has 0 amide bonds. The zero-order valence-electron chi connectivity index (χ0n) is 8.55. The van der Waals surface area contributed by atoms with Crippen LogP contribution in [0.3, 0.4) is 0 Å². The maximum Gasteiger partial charge on any atom is 0.116 e. The number of benzene rings is 1. The van der Waals surface area contributed by atoms with Crippen LogP contribution in [0.2, 0.25) is 0 Å². The summed E-state index contributed by atoms with van der Waals surface area (Å²) in [6.07, 6.45) is 3.30. The molecule has 0 radical (unpaired) electrons. The first-order valence-electron chi connectivity index (χ1n) is 4.74. The molecule has 0 unspecified atom stereocenters. The molecule has 1 aromatic carbocycles. The minimum atomic E-state index is 0.643. The van der Waals surface area contributed by atoms with Crippen LogP contribution in [0, 0.1) is 0 Å². The van der Waals surface area contributed by atoms with E-state index in [0.717, 1.165) is 16.8 Å². The Balaban J connectivity index is 2.24. The molecule has 2 aromatic rings. The Morgan fingerprint density at radius 2 is 1.93 bits per heavy atom. The second-order valence-electron chi connectivity index (χ2n) is 3.22. The van der Waals surface area contributed by atoms with Crippen molar-refractivity contribution >= 4 is 0 Å². The van der Waals surface area contributed by atoms with Gasteiger partial charge in [-0.1, -0.05) is 24.3 Å². The summed E-state index contributed by atoms with van der Waals surface area (Å²) in [6.45, 7) is 0.643. The zero-order chi connectivity index (χ0) is 10.5. The van der Waals surface area contributed by atoms with Crippen molar-refractivity contribution in [2.75, 3.05) is 7.11 Å². The Morgan fingerprint density at radius 3 is 2.53 bits per heavy atom. The van der Waals surface area contributed by atoms with Crippen LogP contribution in [0.15, 0.2) is 42.9 Å². The second-order valence-corrected chi connectivity index (χ2v) is 3.22. The summed E-state index contributed by atoms with van der Waals surface area (Å²) in [5.74, 6) is 0. The number of ether oxygens (including phenoxy) is 1. The standard InChI is InChI=1S/C12H12N2O/c1-15-8-10-2-4-11(5-3-10)12-6-7-13-9-14-12/h2-7,9H,8H2,1H3. The average molecular weight is 200 g/mol. The van der Waals surface area contributed by atoms with Crippen LogP contribution in [0.4, 0.5) is 0 Å². The SMILES string of the molecule is COCc1ccc(-c2ccncn2)cc1. The Labute approximate surface area is 88.8 Å². The van der Waals surface area contributed by atoms with Crippen LogP contribution in [0.5, 0.6) is 0 Å². The fourth-order valence-corrected chi connectivity index (χ4v) is 1.40. The van der Waals surface area contributed by atoms with Crippen LogP contribution in [0.1, 0.15) is 5.56 Å². The number of hydrogen-bond donors (Lipinski definition) is 0. The van der Waals surface area contributed by atoms with E-state index in [2.05, 4.69) is 9.97 Å². The van der Waals surface area contributed by atoms with Gasteiger partial charge in [-0.25, -0.2) is 9.97 Å². The first-order valence-corrected chi connectivity index (χ1v) is 4.74. The molecular formula is C12H12N2O. The minimum Gasteiger partial charge on any atom is -0.380 e. The summed E-state index contributed by atoms with van der Waals surface area (Å²) in [5, 5.41) is 0. The third-order valence-corrected chi connectivity index (χ3v) is 2.14. The number of rotatable bonds is 3. The highest BCUT2D eigenvalue weighted by Crippen LogP contribution is 2.16. The highest BCUT2D eigenvalue weighted by atomic mass is 16.5. The molecule has 0 spiro atoms. The van der Waals surface area contributed by atoms with Gasteiger partial charge in [0, 0.05) is 18.9 Å². The van der Waals surface area contributed by atoms with Gasteiger partial charge < -0.3 is 4.74 Å². The third-order valence-electron chi connectivity index (χ3n) is 2.14. The van der Waals surface area contributed by atoms with Gasteiger partial charge in [-0.3, -0.25) is 0 Å². The van der Waals surface area contributed by atoms with Crippen molar-refractivity contribution < 1.29 is 4.74 Å². The molecule has 1 aromatic heterocycles. The molecule has 0 saturated heterocycles. The van der Waals surface area contributed by atoms with Crippen LogP contribution in [0.25, 0.3) is 11.3 Å². The Hall–Kier alpha value is -1.74. The molecule has 0 N–H and O–H groups in total. The lowest BCUT2D eigenvalue weighted by Gasteiger charge is -2.02. The van der Waals surface area contributed by atoms with Gasteiger partial charge in [-0.2, -0.15) is 0 Å². The minimum absolute atomic E-state index is 0.643. The highest BCUT2D eigenvalue weighted by Gasteiger charge is 1.98. The fourth-order valence-electron chi connectivity index (χ4n) is 1.40. The van der Waals surface area contributed by atoms with E-state index in [1.165, 1.54) is 0 Å². The van der Waals surface area contributed by atoms with Crippen molar-refractivity contribution in [1.29, 1.82) is 0 Å². The molecule has 3 heteroatoms. The lowest BCUT2D eigenvalue weighted by atomic mass is 10.1. The zero-order valence-corrected chi connectivity index (χ0v) is 8.55. The predicted molar refractivity (Wildman–Crippen MR) is 58.2 cm³/mol. The summed E-state index contributed by atoms with van der Waals surface area (Å²) in [5.41, 5.74) is 3.20. The second kappa shape index (κ2) is 4.66. The first kappa shape index (κ1) is 9.80. The summed E-state index contributed by atoms with van der Waals surface area (Å²) in [4.78, 5) is 8.07. The van der Waals surface area contributed by atoms with Crippen molar-refractivity contribution in [2.24, 2.45) is 0 Å². The molecule has 2 rings (SSSR count). The number of hydrogen-bond acceptors (Lipinski definition) is 3. The van der Waals surface area contributed by atoms with Gasteiger partial charge in [0.05, 0.1) is 12.3 Å². The van der Waals surface area contributed by atoms with Crippen molar-refractivity contribution in [3.05, 3.63) is 48.4 Å². The van der Waals surface area contributed by atoms with E-state index >= 15 is 0 Å². The molecule has 0 fully saturated rings. The monoisotopic (exact) mass is 200 g/mol. The maximum absolute atomic E-state index is 5.05. The summed E-state index contributed by atoms with van der Waals surface area (Å²) >= 11 is 0. The molecule has 1 heterocycles. The van der Waals surface area contributed by atoms with Crippen LogP contribution in [-0.4, -0.2) is 17.1 Å². The Morgan fingerprint density at radius 1 is 1.13 bits per heavy atom. The molecule has 76 valence electrons. The lowest BCUT2D eigenvalue weighted by molar-refractivity contribution is 0.185. The van der Waals surface area contributed by atoms with E-state index < -0.39 is 0 Å². The van der Waals surface area contributed by atoms with E-state index in [9.17, 15) is 0 Å². The maximum atomic E-state index is 5.05. The molecule has 0 bridgehead atoms. The van der Waals surface area contributed by atoms with Crippen molar-refractivity contribution in [2.45, 2.75) is 6.61 Å². The molecular weight excluding hydrogens is 188 g/mol. The molecule has 3 nitrogen and oxygen atoms in total. The van der Waals surface area contributed by atoms with E-state index in [1.807, 2.05) is 30.3 Å². The van der Waals surface area contributed by atoms with Gasteiger partial charge in [0.15, 0.2) is 0 Å². The summed E-state index contributed by atoms with van der Waals surface area (Å²) in [6, 6.07) is 10.1. The van der Waals surface area contributed by atoms with Crippen LogP contribution >= 0.6 is 0 Å². The van der Waals surface area contributed by atoms with Gasteiger partial charge in [0.2, 0.25) is 0 Å². The molecule has 0 atom stereocenters. The first-order chi connectivity index (χ1) is 7.40. The predicted octanol–water partition coefficient (Wildman–Crippen LogP) is 2.29. The number of nitrogens with zero attached hydrogens (tertiary/aromatic N) is 2. The Bertz CT molecular complexity index is 411. The van der Waals surface area contributed by atoms with Gasteiger partial charge in [0.1, 0.15) is 6.33 Å². The molecule has 0 aliphatic rings. The van der Waals surface area contributed by atoms with E-state index in [4.69, 9.17) is 4.74 Å². The van der Waals surface area contributed by atoms with E-state index in [-0.39, 0.29) is 0 Å². The van der Waals surface area contributed by atoms with Crippen molar-refractivity contribution in [3.8, 4) is 11.3 Å². The van der Waals surface area contributed by atoms with E-state index in [1.54, 1.807) is 19.6 Å². The fraction of sp³-hybridized carbons (Fsp3) is 0.167. The van der Waals surface area contributed by atoms with Gasteiger partial charge >= 0.3 is 0 Å². The largest absolute Gasteiger partial charge is 0.380 e. The van der Waals surface area contributed by atoms with Gasteiger partial charge in [-0.15, -0.1) is 0 Å². The van der Waals surface area contributed by atoms with Gasteiger partial charge in [-0.05, 0) is 11.6 Å². The molecule has 0 aliphatic heterocycles. The normalized spacial score (nSPS) is 10.2. The van der Waals surface area contributed by atoms with Crippen LogP contribution < -0.4 is 0 Å². The van der Waals surface area contributed by atoms with Crippen molar-refractivity contribution in [1.82, 2.24) is 9.97 Å². The molecule has 15 heavy (non-hydrogen) atoms. The van der Waals surface area contributed by atoms with Crippen molar-refractivity contribution in [3.63, 3.8) is 0 Å². The van der Waals surface area contributed by atoms with Crippen LogP contribution in [-0.2, 0) is 11.3 Å². The Kier molecular flexibility index (Phi) is 3.05. The number of methoxy groups -OCH3 is 1. The van der Waals surface area contributed by atoms with E-state index in [0.29, 0.717) is 6.61 Å². The lowest BCUT2D eigenvalue weighted by Crippen LogP contribution is -1.88. The topological polar surface area (TPSA) is 35.0 Å². The molecule has 0 aliphatic carbocycles. The summed E-state index contributed by atoms with van der Waals surface area (Å²) in [7, 11) is 1.69. The molecule has 0 saturated carbocycles. The highest BCUT2D eigenvalue weighted by molar-refractivity contribution is 5.58.